The van der Waals surface area contributed by atoms with E-state index in [1.54, 1.807) is 46.2 Å². The minimum Gasteiger partial charge on any atom is -0.473 e. The first-order chi connectivity index (χ1) is 13.7. The van der Waals surface area contributed by atoms with Crippen LogP contribution in [-0.4, -0.2) is 55.1 Å². The van der Waals surface area contributed by atoms with Crippen LogP contribution >= 0.6 is 0 Å². The molecule has 8 nitrogen and oxygen atoms in total. The van der Waals surface area contributed by atoms with Gasteiger partial charge in [0.1, 0.15) is 6.10 Å². The van der Waals surface area contributed by atoms with Crippen molar-refractivity contribution in [3.63, 3.8) is 0 Å². The monoisotopic (exact) mass is 379 g/mol. The highest BCUT2D eigenvalue weighted by Gasteiger charge is 2.28. The summed E-state index contributed by atoms with van der Waals surface area (Å²) >= 11 is 0. The largest absolute Gasteiger partial charge is 0.473 e. The Hall–Kier alpha value is -3.26. The smallest absolute Gasteiger partial charge is 0.256 e. The highest BCUT2D eigenvalue weighted by Crippen LogP contribution is 2.21. The summed E-state index contributed by atoms with van der Waals surface area (Å²) < 4.78 is 7.52. The lowest BCUT2D eigenvalue weighted by Gasteiger charge is -2.33. The molecule has 0 bridgehead atoms. The molecule has 28 heavy (non-hydrogen) atoms. The zero-order valence-electron chi connectivity index (χ0n) is 15.3. The molecule has 144 valence electrons. The normalized spacial score (nSPS) is 16.0. The van der Waals surface area contributed by atoms with E-state index < -0.39 is 6.10 Å². The molecular weight excluding hydrogens is 358 g/mol. The Labute approximate surface area is 162 Å². The molecule has 1 unspecified atom stereocenters. The average molecular weight is 379 g/mol. The Morgan fingerprint density at radius 2 is 1.86 bits per heavy atom. The summed E-state index contributed by atoms with van der Waals surface area (Å²) in [6, 6.07) is 14.4. The number of piperidine rings is 1. The Morgan fingerprint density at radius 3 is 2.50 bits per heavy atom. The number of nitrogens with zero attached hydrogens (tertiary/aromatic N) is 5. The van der Waals surface area contributed by atoms with E-state index in [-0.39, 0.29) is 12.0 Å². The van der Waals surface area contributed by atoms with Crippen molar-refractivity contribution in [2.45, 2.75) is 25.0 Å². The maximum Gasteiger partial charge on any atom is 0.256 e. The first-order valence-corrected chi connectivity index (χ1v) is 9.23. The summed E-state index contributed by atoms with van der Waals surface area (Å²) in [6.45, 7) is 1.07. The number of carbonyl (C=O) groups excluding carboxylic acids is 1. The van der Waals surface area contributed by atoms with Gasteiger partial charge in [0.15, 0.2) is 11.9 Å². The van der Waals surface area contributed by atoms with Crippen LogP contribution in [0, 0.1) is 0 Å². The quantitative estimate of drug-likeness (QED) is 0.726. The van der Waals surface area contributed by atoms with Crippen molar-refractivity contribution in [3.05, 3.63) is 66.5 Å². The Kier molecular flexibility index (Phi) is 5.29. The molecule has 1 N–H and O–H groups in total. The van der Waals surface area contributed by atoms with Gasteiger partial charge in [-0.05, 0) is 17.7 Å². The first-order valence-electron chi connectivity index (χ1n) is 9.23. The van der Waals surface area contributed by atoms with Crippen LogP contribution in [0.5, 0.6) is 5.88 Å². The molecule has 1 saturated heterocycles. The van der Waals surface area contributed by atoms with E-state index in [9.17, 15) is 9.90 Å². The predicted octanol–water partition coefficient (Wildman–Crippen LogP) is 1.77. The molecule has 8 heteroatoms. The number of carbonyl (C=O) groups is 1. The van der Waals surface area contributed by atoms with Crippen molar-refractivity contribution in [1.82, 2.24) is 24.9 Å². The lowest BCUT2D eigenvalue weighted by Crippen LogP contribution is -2.43. The van der Waals surface area contributed by atoms with Crippen LogP contribution < -0.4 is 4.74 Å². The molecule has 1 fully saturated rings. The topological polar surface area (TPSA) is 93.4 Å². The fourth-order valence-electron chi connectivity index (χ4n) is 3.22. The van der Waals surface area contributed by atoms with Gasteiger partial charge in [-0.3, -0.25) is 4.79 Å². The van der Waals surface area contributed by atoms with Crippen LogP contribution in [0.3, 0.4) is 0 Å². The number of aliphatic hydroxyl groups is 1. The molecule has 1 atom stereocenters. The summed E-state index contributed by atoms with van der Waals surface area (Å²) in [5, 5.41) is 22.6. The lowest BCUT2D eigenvalue weighted by atomic mass is 10.0. The Morgan fingerprint density at radius 1 is 1.07 bits per heavy atom. The van der Waals surface area contributed by atoms with E-state index in [1.807, 2.05) is 24.3 Å². The molecule has 0 spiro atoms. The summed E-state index contributed by atoms with van der Waals surface area (Å²) in [5.41, 5.74) is 0.610. The SMILES string of the molecule is O=C(C(O)c1ccccc1)N1CCC(Oc2ccc(-n3cccn3)nn2)CC1. The Balaban J connectivity index is 1.30. The van der Waals surface area contributed by atoms with Crippen LogP contribution in [0.1, 0.15) is 24.5 Å². The number of aromatic nitrogens is 4. The third-order valence-corrected chi connectivity index (χ3v) is 4.76. The second-order valence-corrected chi connectivity index (χ2v) is 6.64. The third kappa shape index (κ3) is 4.01. The summed E-state index contributed by atoms with van der Waals surface area (Å²) in [4.78, 5) is 14.2. The van der Waals surface area contributed by atoms with E-state index in [2.05, 4.69) is 15.3 Å². The standard InChI is InChI=1S/C20H21N5O3/c26-19(15-5-2-1-3-6-15)20(27)24-13-9-16(10-14-24)28-18-8-7-17(22-23-18)25-12-4-11-21-25/h1-8,11-12,16,19,26H,9-10,13-14H2. The van der Waals surface area contributed by atoms with Gasteiger partial charge in [-0.2, -0.15) is 5.10 Å². The fraction of sp³-hybridized carbons (Fsp3) is 0.300. The molecule has 2 aromatic heterocycles. The number of benzene rings is 1. The van der Waals surface area contributed by atoms with Gasteiger partial charge in [-0.15, -0.1) is 10.2 Å². The summed E-state index contributed by atoms with van der Waals surface area (Å²) in [6.07, 6.45) is 3.66. The molecule has 3 heterocycles. The minimum absolute atomic E-state index is 0.0391. The van der Waals surface area contributed by atoms with E-state index in [4.69, 9.17) is 4.74 Å². The third-order valence-electron chi connectivity index (χ3n) is 4.76. The van der Waals surface area contributed by atoms with Crippen molar-refractivity contribution in [2.24, 2.45) is 0 Å². The maximum atomic E-state index is 12.5. The molecular formula is C20H21N5O3. The van der Waals surface area contributed by atoms with E-state index in [0.29, 0.717) is 43.2 Å². The average Bonchev–Trinajstić information content (AvgIpc) is 3.29. The van der Waals surface area contributed by atoms with Crippen LogP contribution in [-0.2, 0) is 4.79 Å². The fourth-order valence-corrected chi connectivity index (χ4v) is 3.22. The van der Waals surface area contributed by atoms with Gasteiger partial charge in [0.05, 0.1) is 0 Å². The van der Waals surface area contributed by atoms with E-state index in [0.717, 1.165) is 0 Å². The van der Waals surface area contributed by atoms with Crippen molar-refractivity contribution in [1.29, 1.82) is 0 Å². The number of aliphatic hydroxyl groups excluding tert-OH is 1. The molecule has 1 amide bonds. The molecule has 0 radical (unpaired) electrons. The molecule has 3 aromatic rings. The van der Waals surface area contributed by atoms with Crippen LogP contribution in [0.4, 0.5) is 0 Å². The van der Waals surface area contributed by atoms with Crippen molar-refractivity contribution in [2.75, 3.05) is 13.1 Å². The van der Waals surface area contributed by atoms with Crippen LogP contribution in [0.2, 0.25) is 0 Å². The van der Waals surface area contributed by atoms with Crippen molar-refractivity contribution in [3.8, 4) is 11.7 Å². The second kappa shape index (κ2) is 8.18. The number of hydrogen-bond donors (Lipinski definition) is 1. The molecule has 0 saturated carbocycles. The number of likely N-dealkylation sites (tertiary alicyclic amines) is 1. The molecule has 4 rings (SSSR count). The van der Waals surface area contributed by atoms with Gasteiger partial charge in [-0.1, -0.05) is 30.3 Å². The van der Waals surface area contributed by atoms with E-state index in [1.165, 1.54) is 0 Å². The van der Waals surface area contributed by atoms with E-state index >= 15 is 0 Å². The highest BCUT2D eigenvalue weighted by molar-refractivity contribution is 5.82. The number of ether oxygens (including phenoxy) is 1. The van der Waals surface area contributed by atoms with Gasteiger partial charge >= 0.3 is 0 Å². The first kappa shape index (κ1) is 18.1. The molecule has 1 aliphatic heterocycles. The predicted molar refractivity (Wildman–Crippen MR) is 101 cm³/mol. The van der Waals surface area contributed by atoms with Crippen LogP contribution in [0.15, 0.2) is 60.9 Å². The second-order valence-electron chi connectivity index (χ2n) is 6.64. The maximum absolute atomic E-state index is 12.5. The number of amides is 1. The Bertz CT molecular complexity index is 891. The molecule has 1 aromatic carbocycles. The zero-order chi connectivity index (χ0) is 19.3. The molecule has 1 aliphatic rings. The van der Waals surface area contributed by atoms with Gasteiger partial charge in [-0.25, -0.2) is 4.68 Å². The van der Waals surface area contributed by atoms with Crippen molar-refractivity contribution < 1.29 is 14.6 Å². The van der Waals surface area contributed by atoms with Gasteiger partial charge < -0.3 is 14.7 Å². The summed E-state index contributed by atoms with van der Waals surface area (Å²) in [7, 11) is 0. The number of hydrogen-bond acceptors (Lipinski definition) is 6. The van der Waals surface area contributed by atoms with Crippen molar-refractivity contribution >= 4 is 5.91 Å². The zero-order valence-corrected chi connectivity index (χ0v) is 15.3. The highest BCUT2D eigenvalue weighted by atomic mass is 16.5. The lowest BCUT2D eigenvalue weighted by molar-refractivity contribution is -0.142. The van der Waals surface area contributed by atoms with Crippen LogP contribution in [0.25, 0.3) is 5.82 Å². The van der Waals surface area contributed by atoms with Gasteiger partial charge in [0, 0.05) is 44.4 Å². The van der Waals surface area contributed by atoms with Gasteiger partial charge in [0.25, 0.3) is 5.91 Å². The van der Waals surface area contributed by atoms with Gasteiger partial charge in [0.2, 0.25) is 5.88 Å². The summed E-state index contributed by atoms with van der Waals surface area (Å²) in [5.74, 6) is 0.797. The molecule has 0 aliphatic carbocycles. The number of rotatable bonds is 5. The minimum atomic E-state index is -1.13.